The number of nitrogens with zero attached hydrogens (tertiary/aromatic N) is 1. The van der Waals surface area contributed by atoms with Crippen LogP contribution in [0.15, 0.2) is 18.2 Å². The van der Waals surface area contributed by atoms with E-state index < -0.39 is 17.4 Å². The van der Waals surface area contributed by atoms with Crippen molar-refractivity contribution in [3.8, 4) is 5.75 Å². The van der Waals surface area contributed by atoms with Gasteiger partial charge in [0.2, 0.25) is 5.91 Å². The number of benzene rings is 1. The number of halogens is 1. The van der Waals surface area contributed by atoms with Gasteiger partial charge in [0, 0.05) is 19.1 Å². The molecule has 0 radical (unpaired) electrons. The highest BCUT2D eigenvalue weighted by atomic mass is 35.5. The first kappa shape index (κ1) is 16.1. The Bertz CT molecular complexity index is 647. The first-order chi connectivity index (χ1) is 10.2. The first-order valence-corrected chi connectivity index (χ1v) is 6.90. The van der Waals surface area contributed by atoms with Gasteiger partial charge < -0.3 is 20.3 Å². The van der Waals surface area contributed by atoms with Gasteiger partial charge in [-0.3, -0.25) is 14.4 Å². The largest absolute Gasteiger partial charge is 0.466 e. The molecular weight excluding hydrogens is 310 g/mol. The van der Waals surface area contributed by atoms with Crippen molar-refractivity contribution in [2.75, 3.05) is 26.0 Å². The summed E-state index contributed by atoms with van der Waals surface area (Å²) in [7, 11) is 3.14. The van der Waals surface area contributed by atoms with Crippen LogP contribution in [0.5, 0.6) is 5.75 Å². The second kappa shape index (κ2) is 5.84. The fourth-order valence-electron chi connectivity index (χ4n) is 1.83. The van der Waals surface area contributed by atoms with Crippen LogP contribution in [0.25, 0.3) is 0 Å². The van der Waals surface area contributed by atoms with Crippen LogP contribution in [-0.4, -0.2) is 48.9 Å². The van der Waals surface area contributed by atoms with Gasteiger partial charge in [-0.05, 0) is 25.1 Å². The number of hydrogen-bond acceptors (Lipinski definition) is 4. The predicted molar refractivity (Wildman–Crippen MR) is 80.8 cm³/mol. The van der Waals surface area contributed by atoms with Gasteiger partial charge >= 0.3 is 0 Å². The highest BCUT2D eigenvalue weighted by molar-refractivity contribution is 6.31. The van der Waals surface area contributed by atoms with Crippen molar-refractivity contribution in [1.82, 2.24) is 10.2 Å². The van der Waals surface area contributed by atoms with Crippen LogP contribution in [0.3, 0.4) is 0 Å². The summed E-state index contributed by atoms with van der Waals surface area (Å²) in [6.07, 6.45) is 0. The Morgan fingerprint density at radius 1 is 1.41 bits per heavy atom. The molecule has 8 heteroatoms. The summed E-state index contributed by atoms with van der Waals surface area (Å²) in [6, 6.07) is 4.68. The lowest BCUT2D eigenvalue weighted by Gasteiger charge is -2.33. The number of amides is 3. The monoisotopic (exact) mass is 325 g/mol. The molecule has 0 unspecified atom stereocenters. The molecule has 0 aliphatic carbocycles. The Kier molecular flexibility index (Phi) is 4.27. The molecule has 0 saturated carbocycles. The molecule has 1 atom stereocenters. The minimum atomic E-state index is -1.76. The lowest BCUT2D eigenvalue weighted by molar-refractivity contribution is -0.147. The molecule has 3 amide bonds. The zero-order chi connectivity index (χ0) is 16.5. The fraction of sp³-hybridized carbons (Fsp3) is 0.357. The summed E-state index contributed by atoms with van der Waals surface area (Å²) < 4.78 is 5.53. The number of ether oxygens (including phenoxy) is 1. The van der Waals surface area contributed by atoms with Crippen molar-refractivity contribution < 1.29 is 19.1 Å². The van der Waals surface area contributed by atoms with E-state index >= 15 is 0 Å². The lowest BCUT2D eigenvalue weighted by atomic mass is 10.0. The summed E-state index contributed by atoms with van der Waals surface area (Å²) in [4.78, 5) is 37.3. The quantitative estimate of drug-likeness (QED) is 0.798. The standard InChI is InChI=1S/C14H16ClN3O4/c1-14(12(20)16-7-11(19)18(2)3)13(21)17-9-6-8(15)4-5-10(9)22-14/h4-6H,7H2,1-3H3,(H,16,20)(H,17,21)/t14-/m0/s1. The molecule has 22 heavy (non-hydrogen) atoms. The van der Waals surface area contributed by atoms with E-state index in [1.54, 1.807) is 26.2 Å². The predicted octanol–water partition coefficient (Wildman–Crippen LogP) is 0.634. The Labute approximate surface area is 132 Å². The van der Waals surface area contributed by atoms with Crippen molar-refractivity contribution in [1.29, 1.82) is 0 Å². The SMILES string of the molecule is CN(C)C(=O)CNC(=O)[C@]1(C)Oc2ccc(Cl)cc2NC1=O. The normalized spacial score (nSPS) is 19.5. The van der Waals surface area contributed by atoms with E-state index in [2.05, 4.69) is 10.6 Å². The summed E-state index contributed by atoms with van der Waals surface area (Å²) in [6.45, 7) is 1.13. The summed E-state index contributed by atoms with van der Waals surface area (Å²) in [5.74, 6) is -1.28. The first-order valence-electron chi connectivity index (χ1n) is 6.52. The van der Waals surface area contributed by atoms with Crippen LogP contribution in [0, 0.1) is 0 Å². The van der Waals surface area contributed by atoms with Crippen LogP contribution in [0.1, 0.15) is 6.92 Å². The Balaban J connectivity index is 2.16. The molecule has 0 fully saturated rings. The van der Waals surface area contributed by atoms with E-state index in [1.807, 2.05) is 0 Å². The number of fused-ring (bicyclic) bond motifs is 1. The van der Waals surface area contributed by atoms with Gasteiger partial charge in [0.05, 0.1) is 12.2 Å². The van der Waals surface area contributed by atoms with E-state index in [-0.39, 0.29) is 12.5 Å². The van der Waals surface area contributed by atoms with Gasteiger partial charge in [0.25, 0.3) is 17.4 Å². The van der Waals surface area contributed by atoms with E-state index in [4.69, 9.17) is 16.3 Å². The molecule has 0 spiro atoms. The molecule has 0 aromatic heterocycles. The summed E-state index contributed by atoms with van der Waals surface area (Å²) >= 11 is 5.84. The van der Waals surface area contributed by atoms with Crippen LogP contribution in [-0.2, 0) is 14.4 Å². The minimum absolute atomic E-state index is 0.217. The zero-order valence-corrected chi connectivity index (χ0v) is 13.2. The van der Waals surface area contributed by atoms with Gasteiger partial charge in [-0.25, -0.2) is 0 Å². The molecule has 2 rings (SSSR count). The van der Waals surface area contributed by atoms with Crippen molar-refractivity contribution in [2.45, 2.75) is 12.5 Å². The number of nitrogens with one attached hydrogen (secondary N) is 2. The molecule has 1 heterocycles. The van der Waals surface area contributed by atoms with Crippen molar-refractivity contribution in [3.05, 3.63) is 23.2 Å². The van der Waals surface area contributed by atoms with Crippen molar-refractivity contribution in [2.24, 2.45) is 0 Å². The van der Waals surface area contributed by atoms with Gasteiger partial charge in [-0.1, -0.05) is 11.6 Å². The Morgan fingerprint density at radius 2 is 2.09 bits per heavy atom. The number of carbonyl (C=O) groups is 3. The van der Waals surface area contributed by atoms with E-state index in [0.29, 0.717) is 16.5 Å². The number of anilines is 1. The molecule has 1 aliphatic rings. The molecule has 1 aromatic rings. The van der Waals surface area contributed by atoms with E-state index in [0.717, 1.165) is 0 Å². The average molecular weight is 326 g/mol. The van der Waals surface area contributed by atoms with Crippen molar-refractivity contribution >= 4 is 35.0 Å². The van der Waals surface area contributed by atoms with Gasteiger partial charge in [-0.2, -0.15) is 0 Å². The fourth-order valence-corrected chi connectivity index (χ4v) is 2.00. The molecule has 1 aliphatic heterocycles. The van der Waals surface area contributed by atoms with Gasteiger partial charge in [0.15, 0.2) is 0 Å². The molecule has 0 saturated heterocycles. The van der Waals surface area contributed by atoms with Crippen LogP contribution in [0.2, 0.25) is 5.02 Å². The Hall–Kier alpha value is -2.28. The minimum Gasteiger partial charge on any atom is -0.466 e. The van der Waals surface area contributed by atoms with E-state index in [1.165, 1.54) is 17.9 Å². The number of carbonyl (C=O) groups excluding carboxylic acids is 3. The lowest BCUT2D eigenvalue weighted by Crippen LogP contribution is -2.59. The maximum Gasteiger partial charge on any atom is 0.278 e. The number of rotatable bonds is 3. The third-order valence-electron chi connectivity index (χ3n) is 3.27. The topological polar surface area (TPSA) is 87.7 Å². The van der Waals surface area contributed by atoms with Crippen LogP contribution in [0.4, 0.5) is 5.69 Å². The second-order valence-corrected chi connectivity index (χ2v) is 5.64. The average Bonchev–Trinajstić information content (AvgIpc) is 2.45. The maximum absolute atomic E-state index is 12.2. The highest BCUT2D eigenvalue weighted by Gasteiger charge is 2.47. The third kappa shape index (κ3) is 2.99. The van der Waals surface area contributed by atoms with Gasteiger partial charge in [-0.15, -0.1) is 0 Å². The summed E-state index contributed by atoms with van der Waals surface area (Å²) in [5.41, 5.74) is -1.36. The smallest absolute Gasteiger partial charge is 0.278 e. The Morgan fingerprint density at radius 3 is 2.73 bits per heavy atom. The number of likely N-dealkylation sites (N-methyl/N-ethyl adjacent to an activating group) is 1. The molecule has 7 nitrogen and oxygen atoms in total. The molecule has 0 bridgehead atoms. The van der Waals surface area contributed by atoms with Crippen LogP contribution < -0.4 is 15.4 Å². The van der Waals surface area contributed by atoms with Gasteiger partial charge in [0.1, 0.15) is 5.75 Å². The molecule has 1 aromatic carbocycles. The second-order valence-electron chi connectivity index (χ2n) is 5.20. The molecular formula is C14H16ClN3O4. The summed E-state index contributed by atoms with van der Waals surface area (Å²) in [5, 5.41) is 5.42. The van der Waals surface area contributed by atoms with Crippen molar-refractivity contribution in [3.63, 3.8) is 0 Å². The van der Waals surface area contributed by atoms with E-state index in [9.17, 15) is 14.4 Å². The van der Waals surface area contributed by atoms with Crippen LogP contribution >= 0.6 is 11.6 Å². The maximum atomic E-state index is 12.2. The molecule has 2 N–H and O–H groups in total. The highest BCUT2D eigenvalue weighted by Crippen LogP contribution is 2.35. The zero-order valence-electron chi connectivity index (χ0n) is 12.4. The molecule has 118 valence electrons. The number of hydrogen-bond donors (Lipinski definition) is 2. The third-order valence-corrected chi connectivity index (χ3v) is 3.50.